The molecule has 2 N–H and O–H groups in total. The molecule has 90 valence electrons. The second-order valence-electron chi connectivity index (χ2n) is 5.62. The number of nitrogen functional groups attached to an aromatic ring is 1. The van der Waals surface area contributed by atoms with Crippen molar-refractivity contribution in [1.82, 2.24) is 4.98 Å². The number of hydrogen-bond acceptors (Lipinski definition) is 3. The molecule has 1 heterocycles. The van der Waals surface area contributed by atoms with Crippen LogP contribution in [0.4, 0.5) is 5.69 Å². The lowest BCUT2D eigenvalue weighted by Gasteiger charge is -2.36. The standard InChI is InChI=1S/C12H22N2OSi/c1-12(2,3)16(4,5)15-9-10-6-7-14-8-11(10)13/h6-8H,9,13H2,1-5H3. The highest BCUT2D eigenvalue weighted by Gasteiger charge is 2.37. The minimum absolute atomic E-state index is 0.231. The lowest BCUT2D eigenvalue weighted by atomic mass is 10.2. The maximum absolute atomic E-state index is 6.09. The van der Waals surface area contributed by atoms with Gasteiger partial charge in [0, 0.05) is 11.8 Å². The van der Waals surface area contributed by atoms with Gasteiger partial charge in [0.05, 0.1) is 18.5 Å². The van der Waals surface area contributed by atoms with E-state index in [9.17, 15) is 0 Å². The topological polar surface area (TPSA) is 48.1 Å². The minimum Gasteiger partial charge on any atom is -0.412 e. The van der Waals surface area contributed by atoms with Gasteiger partial charge >= 0.3 is 0 Å². The predicted octanol–water partition coefficient (Wildman–Crippen LogP) is 3.19. The molecule has 0 unspecified atom stereocenters. The van der Waals surface area contributed by atoms with E-state index >= 15 is 0 Å². The van der Waals surface area contributed by atoms with Crippen LogP contribution in [0, 0.1) is 0 Å². The van der Waals surface area contributed by atoms with Crippen LogP contribution in [0.15, 0.2) is 18.5 Å². The molecule has 0 bridgehead atoms. The highest BCUT2D eigenvalue weighted by atomic mass is 28.4. The molecule has 0 fully saturated rings. The molecule has 0 aliphatic heterocycles. The van der Waals surface area contributed by atoms with Crippen molar-refractivity contribution in [2.24, 2.45) is 0 Å². The molecule has 4 heteroatoms. The summed E-state index contributed by atoms with van der Waals surface area (Å²) in [5, 5.41) is 0.231. The van der Waals surface area contributed by atoms with Crippen LogP contribution < -0.4 is 5.73 Å². The molecule has 1 aromatic heterocycles. The van der Waals surface area contributed by atoms with Gasteiger partial charge in [-0.15, -0.1) is 0 Å². The van der Waals surface area contributed by atoms with Gasteiger partial charge in [0.15, 0.2) is 8.32 Å². The average Bonchev–Trinajstić information content (AvgIpc) is 2.15. The summed E-state index contributed by atoms with van der Waals surface area (Å²) in [4.78, 5) is 3.97. The van der Waals surface area contributed by atoms with Crippen molar-refractivity contribution < 1.29 is 4.43 Å². The summed E-state index contributed by atoms with van der Waals surface area (Å²) in [6, 6.07) is 1.92. The predicted molar refractivity (Wildman–Crippen MR) is 70.6 cm³/mol. The molecule has 0 saturated heterocycles. The van der Waals surface area contributed by atoms with Crippen molar-refractivity contribution in [1.29, 1.82) is 0 Å². The van der Waals surface area contributed by atoms with Crippen molar-refractivity contribution in [2.45, 2.75) is 45.5 Å². The summed E-state index contributed by atoms with van der Waals surface area (Å²) >= 11 is 0. The molecule has 0 radical (unpaired) electrons. The van der Waals surface area contributed by atoms with Crippen LogP contribution in [0.5, 0.6) is 0 Å². The van der Waals surface area contributed by atoms with Gasteiger partial charge in [0.2, 0.25) is 0 Å². The Labute approximate surface area is 99.2 Å². The van der Waals surface area contributed by atoms with E-state index in [1.54, 1.807) is 12.4 Å². The normalized spacial score (nSPS) is 12.8. The lowest BCUT2D eigenvalue weighted by molar-refractivity contribution is 0.277. The molecular weight excluding hydrogens is 216 g/mol. The molecule has 0 aliphatic carbocycles. The monoisotopic (exact) mass is 238 g/mol. The first-order chi connectivity index (χ1) is 7.24. The van der Waals surface area contributed by atoms with E-state index in [-0.39, 0.29) is 5.04 Å². The van der Waals surface area contributed by atoms with Gasteiger partial charge in [0.25, 0.3) is 0 Å². The number of hydrogen-bond donors (Lipinski definition) is 1. The molecule has 3 nitrogen and oxygen atoms in total. The summed E-state index contributed by atoms with van der Waals surface area (Å²) < 4.78 is 6.09. The average molecular weight is 238 g/mol. The van der Waals surface area contributed by atoms with Gasteiger partial charge in [-0.25, -0.2) is 0 Å². The second kappa shape index (κ2) is 4.55. The van der Waals surface area contributed by atoms with Crippen LogP contribution in [0.1, 0.15) is 26.3 Å². The molecule has 0 saturated carbocycles. The third-order valence-electron chi connectivity index (χ3n) is 3.34. The third-order valence-corrected chi connectivity index (χ3v) is 7.82. The SMILES string of the molecule is CC(C)(C)[Si](C)(C)OCc1ccncc1N. The zero-order chi connectivity index (χ0) is 12.4. The highest BCUT2D eigenvalue weighted by molar-refractivity contribution is 6.74. The number of rotatable bonds is 3. The van der Waals surface area contributed by atoms with Crippen LogP contribution in [0.3, 0.4) is 0 Å². The number of aromatic nitrogens is 1. The fourth-order valence-electron chi connectivity index (χ4n) is 1.04. The van der Waals surface area contributed by atoms with Crippen LogP contribution >= 0.6 is 0 Å². The maximum Gasteiger partial charge on any atom is 0.192 e. The first-order valence-corrected chi connectivity index (χ1v) is 8.47. The zero-order valence-corrected chi connectivity index (χ0v) is 11.9. The fraction of sp³-hybridized carbons (Fsp3) is 0.583. The Morgan fingerprint density at radius 1 is 1.38 bits per heavy atom. The molecule has 16 heavy (non-hydrogen) atoms. The van der Waals surface area contributed by atoms with E-state index in [0.717, 1.165) is 5.56 Å². The molecule has 1 aromatic rings. The van der Waals surface area contributed by atoms with Crippen molar-refractivity contribution in [3.05, 3.63) is 24.0 Å². The molecule has 0 atom stereocenters. The Kier molecular flexibility index (Phi) is 3.75. The summed E-state index contributed by atoms with van der Waals surface area (Å²) in [7, 11) is -1.69. The summed E-state index contributed by atoms with van der Waals surface area (Å²) in [5.41, 5.74) is 7.57. The first kappa shape index (κ1) is 13.2. The number of nitrogens with two attached hydrogens (primary N) is 1. The van der Waals surface area contributed by atoms with Gasteiger partial charge in [-0.3, -0.25) is 4.98 Å². The van der Waals surface area contributed by atoms with Gasteiger partial charge in [0.1, 0.15) is 0 Å². The molecule has 1 rings (SSSR count). The molecule has 0 amide bonds. The van der Waals surface area contributed by atoms with Crippen LogP contribution in [0.2, 0.25) is 18.1 Å². The Morgan fingerprint density at radius 3 is 2.50 bits per heavy atom. The summed E-state index contributed by atoms with van der Waals surface area (Å²) in [5.74, 6) is 0. The second-order valence-corrected chi connectivity index (χ2v) is 10.4. The van der Waals surface area contributed by atoms with Crippen molar-refractivity contribution in [3.63, 3.8) is 0 Å². The van der Waals surface area contributed by atoms with Crippen molar-refractivity contribution in [3.8, 4) is 0 Å². The van der Waals surface area contributed by atoms with E-state index in [0.29, 0.717) is 12.3 Å². The molecule has 0 aliphatic rings. The van der Waals surface area contributed by atoms with Crippen LogP contribution in [0.25, 0.3) is 0 Å². The quantitative estimate of drug-likeness (QED) is 0.823. The summed E-state index contributed by atoms with van der Waals surface area (Å²) in [6.07, 6.45) is 3.42. The smallest absolute Gasteiger partial charge is 0.192 e. The zero-order valence-electron chi connectivity index (χ0n) is 10.9. The minimum atomic E-state index is -1.69. The van der Waals surface area contributed by atoms with E-state index in [1.165, 1.54) is 0 Å². The van der Waals surface area contributed by atoms with Crippen molar-refractivity contribution in [2.75, 3.05) is 5.73 Å². The van der Waals surface area contributed by atoms with Crippen molar-refractivity contribution >= 4 is 14.0 Å². The Hall–Kier alpha value is -0.873. The lowest BCUT2D eigenvalue weighted by Crippen LogP contribution is -2.40. The fourth-order valence-corrected chi connectivity index (χ4v) is 1.99. The Bertz CT molecular complexity index is 358. The van der Waals surface area contributed by atoms with Gasteiger partial charge in [-0.05, 0) is 24.2 Å². The van der Waals surface area contributed by atoms with E-state index in [4.69, 9.17) is 10.2 Å². The summed E-state index contributed by atoms with van der Waals surface area (Å²) in [6.45, 7) is 11.8. The maximum atomic E-state index is 6.09. The number of nitrogens with zero attached hydrogens (tertiary/aromatic N) is 1. The molecular formula is C12H22N2OSi. The molecule has 0 aromatic carbocycles. The van der Waals surface area contributed by atoms with Gasteiger partial charge in [-0.2, -0.15) is 0 Å². The van der Waals surface area contributed by atoms with E-state index in [1.807, 2.05) is 6.07 Å². The largest absolute Gasteiger partial charge is 0.412 e. The van der Waals surface area contributed by atoms with Crippen LogP contribution in [-0.4, -0.2) is 13.3 Å². The van der Waals surface area contributed by atoms with E-state index in [2.05, 4.69) is 38.8 Å². The molecule has 0 spiro atoms. The van der Waals surface area contributed by atoms with E-state index < -0.39 is 8.32 Å². The number of pyridine rings is 1. The number of anilines is 1. The van der Waals surface area contributed by atoms with Gasteiger partial charge < -0.3 is 10.2 Å². The highest BCUT2D eigenvalue weighted by Crippen LogP contribution is 2.37. The van der Waals surface area contributed by atoms with Gasteiger partial charge in [-0.1, -0.05) is 20.8 Å². The third kappa shape index (κ3) is 3.06. The van der Waals surface area contributed by atoms with Crippen LogP contribution in [-0.2, 0) is 11.0 Å². The Morgan fingerprint density at radius 2 is 2.00 bits per heavy atom. The first-order valence-electron chi connectivity index (χ1n) is 5.56. The Balaban J connectivity index is 2.69.